The molecule has 7 heteroatoms. The van der Waals surface area contributed by atoms with Gasteiger partial charge in [0.25, 0.3) is 5.91 Å². The number of aromatic nitrogens is 1. The van der Waals surface area contributed by atoms with Gasteiger partial charge in [-0.15, -0.1) is 0 Å². The number of benzene rings is 1. The number of carbonyl (C=O) groups excluding carboxylic acids is 2. The highest BCUT2D eigenvalue weighted by molar-refractivity contribution is 5.95. The Hall–Kier alpha value is -2.96. The predicted molar refractivity (Wildman–Crippen MR) is 120 cm³/mol. The van der Waals surface area contributed by atoms with Crippen molar-refractivity contribution >= 4 is 17.6 Å². The molecule has 168 valence electrons. The molecule has 2 amide bonds. The first-order valence-corrected chi connectivity index (χ1v) is 11.4. The first kappa shape index (κ1) is 20.9. The van der Waals surface area contributed by atoms with Crippen molar-refractivity contribution < 1.29 is 14.0 Å². The fourth-order valence-corrected chi connectivity index (χ4v) is 4.82. The Kier molecular flexibility index (Phi) is 5.14. The van der Waals surface area contributed by atoms with Gasteiger partial charge in [0, 0.05) is 37.9 Å². The SMILES string of the molecule is CC1(C)CC(c2ccc(C(=O)N3CCN(c4ccc(C5CC5)cn4)CC3)c(F)c2)C(=O)N1. The summed E-state index contributed by atoms with van der Waals surface area (Å²) in [4.78, 5) is 33.7. The van der Waals surface area contributed by atoms with Crippen molar-refractivity contribution in [2.45, 2.75) is 50.5 Å². The highest BCUT2D eigenvalue weighted by Gasteiger charge is 2.38. The van der Waals surface area contributed by atoms with Gasteiger partial charge in [0.1, 0.15) is 11.6 Å². The second-order valence-electron chi connectivity index (χ2n) is 9.87. The van der Waals surface area contributed by atoms with Gasteiger partial charge in [-0.05, 0) is 68.4 Å². The number of amides is 2. The van der Waals surface area contributed by atoms with E-state index in [2.05, 4.69) is 27.3 Å². The minimum absolute atomic E-state index is 0.0618. The van der Waals surface area contributed by atoms with Crippen LogP contribution in [0.15, 0.2) is 36.5 Å². The van der Waals surface area contributed by atoms with E-state index in [4.69, 9.17) is 0 Å². The highest BCUT2D eigenvalue weighted by atomic mass is 19.1. The minimum Gasteiger partial charge on any atom is -0.353 e. The summed E-state index contributed by atoms with van der Waals surface area (Å²) in [6.45, 7) is 6.28. The molecule has 3 fully saturated rings. The van der Waals surface area contributed by atoms with Crippen LogP contribution in [0.3, 0.4) is 0 Å². The number of rotatable bonds is 4. The summed E-state index contributed by atoms with van der Waals surface area (Å²) >= 11 is 0. The second kappa shape index (κ2) is 7.87. The zero-order chi connectivity index (χ0) is 22.5. The van der Waals surface area contributed by atoms with E-state index in [0.717, 1.165) is 5.82 Å². The summed E-state index contributed by atoms with van der Waals surface area (Å²) in [5.41, 5.74) is 1.68. The van der Waals surface area contributed by atoms with Crippen LogP contribution in [0.4, 0.5) is 10.2 Å². The number of nitrogens with one attached hydrogen (secondary N) is 1. The molecule has 1 aliphatic carbocycles. The van der Waals surface area contributed by atoms with E-state index in [0.29, 0.717) is 44.1 Å². The quantitative estimate of drug-likeness (QED) is 0.798. The van der Waals surface area contributed by atoms with Gasteiger partial charge in [-0.25, -0.2) is 9.37 Å². The Balaban J connectivity index is 1.22. The maximum absolute atomic E-state index is 14.9. The summed E-state index contributed by atoms with van der Waals surface area (Å²) < 4.78 is 14.9. The number of hydrogen-bond donors (Lipinski definition) is 1. The van der Waals surface area contributed by atoms with E-state index in [-0.39, 0.29) is 28.8 Å². The number of anilines is 1. The molecule has 1 N–H and O–H groups in total. The van der Waals surface area contributed by atoms with Crippen LogP contribution in [0.25, 0.3) is 0 Å². The standard InChI is InChI=1S/C25H29FN4O2/c1-25(2)14-20(23(31)28-25)17-5-7-19(21(26)13-17)24(32)30-11-9-29(10-12-30)22-8-6-18(15-27-22)16-3-4-16/h5-8,13,15-16,20H,3-4,9-12,14H2,1-2H3,(H,28,31). The van der Waals surface area contributed by atoms with Crippen molar-refractivity contribution in [3.8, 4) is 0 Å². The average molecular weight is 437 g/mol. The third-order valence-corrected chi connectivity index (χ3v) is 6.83. The molecule has 0 spiro atoms. The van der Waals surface area contributed by atoms with Crippen molar-refractivity contribution in [2.24, 2.45) is 0 Å². The number of nitrogens with zero attached hydrogens (tertiary/aromatic N) is 3. The van der Waals surface area contributed by atoms with Crippen molar-refractivity contribution in [1.82, 2.24) is 15.2 Å². The summed E-state index contributed by atoms with van der Waals surface area (Å²) in [5.74, 6) is 0.262. The smallest absolute Gasteiger partial charge is 0.256 e. The van der Waals surface area contributed by atoms with Crippen LogP contribution in [0.2, 0.25) is 0 Å². The molecule has 1 aromatic carbocycles. The van der Waals surface area contributed by atoms with Gasteiger partial charge >= 0.3 is 0 Å². The van der Waals surface area contributed by atoms with Crippen LogP contribution >= 0.6 is 0 Å². The van der Waals surface area contributed by atoms with E-state index < -0.39 is 5.82 Å². The zero-order valence-electron chi connectivity index (χ0n) is 18.6. The Labute approximate surface area is 187 Å². The summed E-state index contributed by atoms with van der Waals surface area (Å²) in [7, 11) is 0. The van der Waals surface area contributed by atoms with E-state index in [1.165, 1.54) is 30.5 Å². The topological polar surface area (TPSA) is 65.5 Å². The molecule has 0 radical (unpaired) electrons. The number of piperazine rings is 1. The van der Waals surface area contributed by atoms with Gasteiger partial charge in [0.15, 0.2) is 0 Å². The lowest BCUT2D eigenvalue weighted by Gasteiger charge is -2.35. The second-order valence-corrected chi connectivity index (χ2v) is 9.87. The third-order valence-electron chi connectivity index (χ3n) is 6.83. The maximum Gasteiger partial charge on any atom is 0.256 e. The first-order valence-electron chi connectivity index (χ1n) is 11.4. The summed E-state index contributed by atoms with van der Waals surface area (Å²) in [6.07, 6.45) is 5.08. The van der Waals surface area contributed by atoms with Crippen LogP contribution in [0.5, 0.6) is 0 Å². The number of carbonyl (C=O) groups is 2. The van der Waals surface area contributed by atoms with Crippen LogP contribution < -0.4 is 10.2 Å². The lowest BCUT2D eigenvalue weighted by molar-refractivity contribution is -0.120. The maximum atomic E-state index is 14.9. The third kappa shape index (κ3) is 4.08. The molecule has 1 unspecified atom stereocenters. The Morgan fingerprint density at radius 1 is 1.09 bits per heavy atom. The molecule has 3 aliphatic rings. The van der Waals surface area contributed by atoms with Gasteiger partial charge < -0.3 is 15.1 Å². The van der Waals surface area contributed by atoms with Gasteiger partial charge in [-0.2, -0.15) is 0 Å². The Morgan fingerprint density at radius 3 is 2.38 bits per heavy atom. The molecule has 2 aliphatic heterocycles. The molecule has 0 bridgehead atoms. The van der Waals surface area contributed by atoms with Gasteiger partial charge in [-0.3, -0.25) is 9.59 Å². The van der Waals surface area contributed by atoms with E-state index in [9.17, 15) is 14.0 Å². The first-order chi connectivity index (χ1) is 15.3. The van der Waals surface area contributed by atoms with E-state index >= 15 is 0 Å². The zero-order valence-corrected chi connectivity index (χ0v) is 18.6. The largest absolute Gasteiger partial charge is 0.353 e. The lowest BCUT2D eigenvalue weighted by Crippen LogP contribution is -2.49. The van der Waals surface area contributed by atoms with Gasteiger partial charge in [0.2, 0.25) is 5.91 Å². The summed E-state index contributed by atoms with van der Waals surface area (Å²) in [6, 6.07) is 8.80. The van der Waals surface area contributed by atoms with Crippen molar-refractivity contribution in [3.05, 3.63) is 59.0 Å². The number of halogens is 1. The molecule has 1 saturated carbocycles. The van der Waals surface area contributed by atoms with Crippen LogP contribution in [0, 0.1) is 5.82 Å². The van der Waals surface area contributed by atoms with Crippen LogP contribution in [-0.4, -0.2) is 53.4 Å². The Bertz CT molecular complexity index is 1040. The van der Waals surface area contributed by atoms with Crippen molar-refractivity contribution in [2.75, 3.05) is 31.1 Å². The minimum atomic E-state index is -0.565. The molecule has 6 nitrogen and oxygen atoms in total. The fourth-order valence-electron chi connectivity index (χ4n) is 4.82. The van der Waals surface area contributed by atoms with E-state index in [1.54, 1.807) is 11.0 Å². The Morgan fingerprint density at radius 2 is 1.81 bits per heavy atom. The predicted octanol–water partition coefficient (Wildman–Crippen LogP) is 3.44. The highest BCUT2D eigenvalue weighted by Crippen LogP contribution is 2.40. The van der Waals surface area contributed by atoms with Crippen LogP contribution in [0.1, 0.15) is 66.4 Å². The van der Waals surface area contributed by atoms with Crippen molar-refractivity contribution in [3.63, 3.8) is 0 Å². The van der Waals surface area contributed by atoms with Crippen molar-refractivity contribution in [1.29, 1.82) is 0 Å². The molecule has 3 heterocycles. The summed E-state index contributed by atoms with van der Waals surface area (Å²) in [5, 5.41) is 2.93. The fraction of sp³-hybridized carbons (Fsp3) is 0.480. The average Bonchev–Trinajstić information content (AvgIpc) is 3.58. The molecular formula is C25H29FN4O2. The van der Waals surface area contributed by atoms with E-state index in [1.807, 2.05) is 20.0 Å². The molecule has 32 heavy (non-hydrogen) atoms. The van der Waals surface area contributed by atoms with Crippen LogP contribution in [-0.2, 0) is 4.79 Å². The number of hydrogen-bond acceptors (Lipinski definition) is 4. The molecule has 1 aromatic heterocycles. The lowest BCUT2D eigenvalue weighted by atomic mass is 9.90. The van der Waals surface area contributed by atoms with Gasteiger partial charge in [0.05, 0.1) is 11.5 Å². The normalized spacial score (nSPS) is 22.7. The monoisotopic (exact) mass is 436 g/mol. The molecule has 2 aromatic rings. The molecule has 2 saturated heterocycles. The number of pyridine rings is 1. The molecule has 5 rings (SSSR count). The molecular weight excluding hydrogens is 407 g/mol. The molecule has 1 atom stereocenters. The van der Waals surface area contributed by atoms with Gasteiger partial charge in [-0.1, -0.05) is 12.1 Å².